The molecule has 1 rings (SSSR count). The number of esters is 1. The Hall–Kier alpha value is -2.21. The first kappa shape index (κ1) is 15.8. The summed E-state index contributed by atoms with van der Waals surface area (Å²) in [5.74, 6) is -0.942. The zero-order valence-corrected chi connectivity index (χ0v) is 11.5. The molecule has 0 atom stereocenters. The number of nitrogens with zero attached hydrogens (tertiary/aromatic N) is 1. The number of ether oxygens (including phenoxy) is 1. The summed E-state index contributed by atoms with van der Waals surface area (Å²) in [6.45, 7) is 3.42. The number of aromatic nitrogens is 1. The Morgan fingerprint density at radius 1 is 1.40 bits per heavy atom. The highest BCUT2D eigenvalue weighted by atomic mass is 16.5. The molecule has 1 aromatic rings. The van der Waals surface area contributed by atoms with Crippen molar-refractivity contribution in [1.29, 1.82) is 0 Å². The molecule has 6 nitrogen and oxygen atoms in total. The number of aliphatic hydroxyl groups excluding tert-OH is 1. The summed E-state index contributed by atoms with van der Waals surface area (Å²) < 4.78 is 4.84. The van der Waals surface area contributed by atoms with Gasteiger partial charge in [0.1, 0.15) is 5.57 Å². The molecule has 0 radical (unpaired) electrons. The topological polar surface area (TPSA) is 88.5 Å². The first-order valence-electron chi connectivity index (χ1n) is 6.35. The molecule has 0 unspecified atom stereocenters. The maximum Gasteiger partial charge on any atom is 0.343 e. The molecular formula is C14H18N2O4. The maximum atomic E-state index is 11.7. The number of hydrogen-bond donors (Lipinski definition) is 2. The summed E-state index contributed by atoms with van der Waals surface area (Å²) in [6, 6.07) is 3.33. The van der Waals surface area contributed by atoms with Crippen molar-refractivity contribution in [3.63, 3.8) is 0 Å². The molecule has 0 aliphatic heterocycles. The Morgan fingerprint density at radius 2 is 2.15 bits per heavy atom. The molecule has 108 valence electrons. The summed E-state index contributed by atoms with van der Waals surface area (Å²) in [5, 5.41) is 11.7. The lowest BCUT2D eigenvalue weighted by Gasteiger charge is -2.06. The molecule has 0 saturated heterocycles. The van der Waals surface area contributed by atoms with Gasteiger partial charge in [-0.2, -0.15) is 0 Å². The van der Waals surface area contributed by atoms with Gasteiger partial charge in [-0.15, -0.1) is 0 Å². The van der Waals surface area contributed by atoms with Crippen LogP contribution in [-0.2, 0) is 20.9 Å². The number of pyridine rings is 1. The van der Waals surface area contributed by atoms with Crippen molar-refractivity contribution in [3.8, 4) is 0 Å². The zero-order valence-electron chi connectivity index (χ0n) is 11.5. The van der Waals surface area contributed by atoms with Crippen LogP contribution in [0.1, 0.15) is 26.0 Å². The van der Waals surface area contributed by atoms with E-state index in [-0.39, 0.29) is 31.0 Å². The number of aliphatic hydroxyl groups is 1. The van der Waals surface area contributed by atoms with Crippen LogP contribution in [-0.4, -0.2) is 28.4 Å². The van der Waals surface area contributed by atoms with Crippen molar-refractivity contribution in [2.45, 2.75) is 26.9 Å². The average molecular weight is 278 g/mol. The number of ketones is 1. The lowest BCUT2D eigenvalue weighted by molar-refractivity contribution is -0.140. The van der Waals surface area contributed by atoms with Crippen LogP contribution in [0.4, 0.5) is 5.69 Å². The Balaban J connectivity index is 2.84. The molecule has 0 bridgehead atoms. The largest absolute Gasteiger partial charge is 0.462 e. The van der Waals surface area contributed by atoms with Gasteiger partial charge in [-0.05, 0) is 19.1 Å². The van der Waals surface area contributed by atoms with Crippen LogP contribution in [0.15, 0.2) is 30.1 Å². The molecule has 2 N–H and O–H groups in total. The van der Waals surface area contributed by atoms with Gasteiger partial charge in [0.15, 0.2) is 5.78 Å². The third kappa shape index (κ3) is 4.47. The van der Waals surface area contributed by atoms with Crippen LogP contribution < -0.4 is 5.32 Å². The standard InChI is InChI=1S/C14H18N2O4/c1-3-13(18)12(14(19)20-4-2)8-16-10-5-6-11(9-17)15-7-10/h5-8,16-17H,3-4,9H2,1-2H3. The van der Waals surface area contributed by atoms with E-state index < -0.39 is 5.97 Å². The van der Waals surface area contributed by atoms with Gasteiger partial charge in [0.05, 0.1) is 30.8 Å². The lowest BCUT2D eigenvalue weighted by atomic mass is 10.1. The molecule has 0 aliphatic rings. The predicted octanol–water partition coefficient (Wildman–Crippen LogP) is 1.41. The number of carbonyl (C=O) groups excluding carboxylic acids is 2. The van der Waals surface area contributed by atoms with Gasteiger partial charge in [-0.25, -0.2) is 4.79 Å². The van der Waals surface area contributed by atoms with E-state index in [1.54, 1.807) is 26.0 Å². The van der Waals surface area contributed by atoms with Crippen molar-refractivity contribution in [2.75, 3.05) is 11.9 Å². The Morgan fingerprint density at radius 3 is 2.65 bits per heavy atom. The molecular weight excluding hydrogens is 260 g/mol. The second-order valence-corrected chi connectivity index (χ2v) is 3.90. The van der Waals surface area contributed by atoms with E-state index in [1.165, 1.54) is 12.4 Å². The van der Waals surface area contributed by atoms with E-state index in [0.717, 1.165) is 0 Å². The lowest BCUT2D eigenvalue weighted by Crippen LogP contribution is -2.16. The van der Waals surface area contributed by atoms with Gasteiger partial charge >= 0.3 is 5.97 Å². The molecule has 0 fully saturated rings. The van der Waals surface area contributed by atoms with Crippen LogP contribution in [0.2, 0.25) is 0 Å². The maximum absolute atomic E-state index is 11.7. The van der Waals surface area contributed by atoms with Gasteiger partial charge in [-0.1, -0.05) is 6.92 Å². The van der Waals surface area contributed by atoms with Gasteiger partial charge in [0, 0.05) is 12.6 Å². The summed E-state index contributed by atoms with van der Waals surface area (Å²) in [6.07, 6.45) is 3.04. The smallest absolute Gasteiger partial charge is 0.343 e. The Labute approximate surface area is 117 Å². The predicted molar refractivity (Wildman–Crippen MR) is 73.8 cm³/mol. The van der Waals surface area contributed by atoms with Crippen molar-refractivity contribution >= 4 is 17.4 Å². The van der Waals surface area contributed by atoms with E-state index >= 15 is 0 Å². The molecule has 0 spiro atoms. The fourth-order valence-electron chi connectivity index (χ4n) is 1.41. The van der Waals surface area contributed by atoms with Crippen LogP contribution in [0.3, 0.4) is 0 Å². The minimum atomic E-state index is -0.646. The van der Waals surface area contributed by atoms with Crippen molar-refractivity contribution in [1.82, 2.24) is 4.98 Å². The fourth-order valence-corrected chi connectivity index (χ4v) is 1.41. The summed E-state index contributed by atoms with van der Waals surface area (Å²) in [4.78, 5) is 27.3. The highest BCUT2D eigenvalue weighted by Gasteiger charge is 2.17. The van der Waals surface area contributed by atoms with Gasteiger partial charge in [0.25, 0.3) is 0 Å². The van der Waals surface area contributed by atoms with E-state index in [9.17, 15) is 9.59 Å². The molecule has 1 aromatic heterocycles. The van der Waals surface area contributed by atoms with Gasteiger partial charge in [0.2, 0.25) is 0 Å². The molecule has 0 saturated carbocycles. The summed E-state index contributed by atoms with van der Waals surface area (Å²) >= 11 is 0. The summed E-state index contributed by atoms with van der Waals surface area (Å²) in [7, 11) is 0. The van der Waals surface area contributed by atoms with E-state index in [1.807, 2.05) is 0 Å². The van der Waals surface area contributed by atoms with Crippen molar-refractivity contribution in [2.24, 2.45) is 0 Å². The minimum Gasteiger partial charge on any atom is -0.462 e. The minimum absolute atomic E-state index is 0.0272. The second-order valence-electron chi connectivity index (χ2n) is 3.90. The number of rotatable bonds is 7. The third-order valence-electron chi connectivity index (χ3n) is 2.49. The highest BCUT2D eigenvalue weighted by molar-refractivity contribution is 6.17. The average Bonchev–Trinajstić information content (AvgIpc) is 2.48. The molecule has 0 aliphatic carbocycles. The Bertz CT molecular complexity index is 494. The Kier molecular flexibility index (Phi) is 6.39. The highest BCUT2D eigenvalue weighted by Crippen LogP contribution is 2.09. The van der Waals surface area contributed by atoms with Crippen LogP contribution in [0, 0.1) is 0 Å². The van der Waals surface area contributed by atoms with Crippen LogP contribution in [0.5, 0.6) is 0 Å². The third-order valence-corrected chi connectivity index (χ3v) is 2.49. The molecule has 1 heterocycles. The van der Waals surface area contributed by atoms with Gasteiger partial charge < -0.3 is 15.2 Å². The molecule has 0 aromatic carbocycles. The number of hydrogen-bond acceptors (Lipinski definition) is 6. The number of nitrogens with one attached hydrogen (secondary N) is 1. The number of anilines is 1. The fraction of sp³-hybridized carbons (Fsp3) is 0.357. The summed E-state index contributed by atoms with van der Waals surface area (Å²) in [5.41, 5.74) is 1.11. The molecule has 0 amide bonds. The quantitative estimate of drug-likeness (QED) is 0.339. The first-order chi connectivity index (χ1) is 9.62. The van der Waals surface area contributed by atoms with Crippen molar-refractivity contribution < 1.29 is 19.4 Å². The van der Waals surface area contributed by atoms with Crippen LogP contribution in [0.25, 0.3) is 0 Å². The number of Topliss-reactive ketones (excluding diaryl/α,β-unsaturated/α-hetero) is 1. The molecule has 6 heteroatoms. The van der Waals surface area contributed by atoms with Crippen LogP contribution >= 0.6 is 0 Å². The van der Waals surface area contributed by atoms with E-state index in [2.05, 4.69) is 10.3 Å². The molecule has 20 heavy (non-hydrogen) atoms. The van der Waals surface area contributed by atoms with E-state index in [4.69, 9.17) is 9.84 Å². The second kappa shape index (κ2) is 8.06. The first-order valence-corrected chi connectivity index (χ1v) is 6.35. The van der Waals surface area contributed by atoms with Crippen molar-refractivity contribution in [3.05, 3.63) is 35.8 Å². The van der Waals surface area contributed by atoms with Gasteiger partial charge in [-0.3, -0.25) is 9.78 Å². The number of carbonyl (C=O) groups is 2. The van der Waals surface area contributed by atoms with E-state index in [0.29, 0.717) is 11.4 Å². The normalized spacial score (nSPS) is 11.1. The zero-order chi connectivity index (χ0) is 15.0. The SMILES string of the molecule is CCOC(=O)C(=CNc1ccc(CO)nc1)C(=O)CC. The monoisotopic (exact) mass is 278 g/mol.